The van der Waals surface area contributed by atoms with Crippen molar-refractivity contribution in [2.24, 2.45) is 7.05 Å². The first-order chi connectivity index (χ1) is 15.5. The molecule has 1 aromatic heterocycles. The topological polar surface area (TPSA) is 66.8 Å². The molecule has 7 nitrogen and oxygen atoms in total. The van der Waals surface area contributed by atoms with Gasteiger partial charge in [-0.2, -0.15) is 0 Å². The molecule has 2 aromatic rings. The number of aryl methyl sites for hydroxylation is 1. The smallest absolute Gasteiger partial charge is 0.317 e. The average Bonchev–Trinajstić information content (AvgIpc) is 3.20. The molecule has 1 heterocycles. The number of benzene rings is 1. The van der Waals surface area contributed by atoms with E-state index in [1.807, 2.05) is 72.1 Å². The van der Waals surface area contributed by atoms with Crippen LogP contribution in [0.2, 0.25) is 0 Å². The summed E-state index contributed by atoms with van der Waals surface area (Å²) in [5.41, 5.74) is 2.11. The lowest BCUT2D eigenvalue weighted by Crippen LogP contribution is -2.47. The third kappa shape index (κ3) is 8.75. The largest absolute Gasteiger partial charge is 0.382 e. The zero-order valence-corrected chi connectivity index (χ0v) is 19.8. The molecular weight excluding hydrogens is 404 g/mol. The summed E-state index contributed by atoms with van der Waals surface area (Å²) in [5.74, 6) is -0.0721. The summed E-state index contributed by atoms with van der Waals surface area (Å²) in [4.78, 5) is 29.6. The van der Waals surface area contributed by atoms with E-state index in [1.54, 1.807) is 4.90 Å². The molecule has 1 N–H and O–H groups in total. The molecule has 0 spiro atoms. The van der Waals surface area contributed by atoms with Crippen LogP contribution in [0.3, 0.4) is 0 Å². The lowest BCUT2D eigenvalue weighted by Gasteiger charge is -2.28. The van der Waals surface area contributed by atoms with Gasteiger partial charge in [0, 0.05) is 51.8 Å². The number of carbonyl (C=O) groups is 2. The number of unbranched alkanes of at least 4 members (excludes halogenated alkanes) is 1. The molecule has 0 atom stereocenters. The van der Waals surface area contributed by atoms with Crippen LogP contribution in [0.4, 0.5) is 4.79 Å². The molecule has 0 radical (unpaired) electrons. The van der Waals surface area contributed by atoms with E-state index in [2.05, 4.69) is 12.2 Å². The minimum atomic E-state index is -0.193. The number of ether oxygens (including phenoxy) is 1. The molecule has 0 unspecified atom stereocenters. The van der Waals surface area contributed by atoms with Gasteiger partial charge in [-0.05, 0) is 37.5 Å². The Hall–Kier alpha value is -2.80. The first-order valence-electron chi connectivity index (χ1n) is 11.6. The quantitative estimate of drug-likeness (QED) is 0.453. The number of aromatic nitrogens is 1. The average molecular weight is 443 g/mol. The molecule has 0 aliphatic rings. The first kappa shape index (κ1) is 25.5. The predicted molar refractivity (Wildman–Crippen MR) is 127 cm³/mol. The Morgan fingerprint density at radius 1 is 1.00 bits per heavy atom. The Morgan fingerprint density at radius 3 is 2.44 bits per heavy atom. The van der Waals surface area contributed by atoms with Gasteiger partial charge < -0.3 is 24.4 Å². The lowest BCUT2D eigenvalue weighted by atomic mass is 10.2. The highest BCUT2D eigenvalue weighted by Crippen LogP contribution is 2.12. The third-order valence-corrected chi connectivity index (χ3v) is 5.31. The van der Waals surface area contributed by atoms with Gasteiger partial charge in [0.25, 0.3) is 0 Å². The molecule has 0 saturated carbocycles. The summed E-state index contributed by atoms with van der Waals surface area (Å²) in [7, 11) is 1.97. The minimum absolute atomic E-state index is 0.0430. The van der Waals surface area contributed by atoms with Gasteiger partial charge in [-0.1, -0.05) is 43.7 Å². The van der Waals surface area contributed by atoms with E-state index in [0.717, 1.165) is 24.1 Å². The van der Waals surface area contributed by atoms with E-state index in [-0.39, 0.29) is 18.5 Å². The molecular formula is C25H38N4O3. The Morgan fingerprint density at radius 2 is 1.78 bits per heavy atom. The predicted octanol–water partition coefficient (Wildman–Crippen LogP) is 3.79. The molecule has 2 rings (SSSR count). The van der Waals surface area contributed by atoms with Crippen molar-refractivity contribution in [3.8, 4) is 0 Å². The molecule has 0 saturated heterocycles. The van der Waals surface area contributed by atoms with Crippen LogP contribution < -0.4 is 5.32 Å². The molecule has 0 fully saturated rings. The molecule has 7 heteroatoms. The van der Waals surface area contributed by atoms with Crippen molar-refractivity contribution in [1.29, 1.82) is 0 Å². The van der Waals surface area contributed by atoms with Crippen molar-refractivity contribution in [3.05, 3.63) is 59.9 Å². The zero-order chi connectivity index (χ0) is 23.2. The molecule has 32 heavy (non-hydrogen) atoms. The van der Waals surface area contributed by atoms with Gasteiger partial charge in [-0.3, -0.25) is 4.79 Å². The number of hydrogen-bond donors (Lipinski definition) is 1. The van der Waals surface area contributed by atoms with Crippen molar-refractivity contribution in [2.45, 2.75) is 46.2 Å². The summed E-state index contributed by atoms with van der Waals surface area (Å²) in [5, 5.41) is 2.94. The highest BCUT2D eigenvalue weighted by Gasteiger charge is 2.22. The van der Waals surface area contributed by atoms with E-state index in [0.29, 0.717) is 45.8 Å². The van der Waals surface area contributed by atoms with Crippen LogP contribution in [0.15, 0.2) is 48.7 Å². The number of nitrogens with one attached hydrogen (secondary N) is 1. The third-order valence-electron chi connectivity index (χ3n) is 5.31. The Bertz CT molecular complexity index is 807. The maximum absolute atomic E-state index is 13.4. The van der Waals surface area contributed by atoms with Gasteiger partial charge in [0.15, 0.2) is 0 Å². The van der Waals surface area contributed by atoms with Crippen LogP contribution in [-0.2, 0) is 29.7 Å². The summed E-state index contributed by atoms with van der Waals surface area (Å²) in [6, 6.07) is 13.7. The number of hydrogen-bond acceptors (Lipinski definition) is 3. The lowest BCUT2D eigenvalue weighted by molar-refractivity contribution is -0.133. The minimum Gasteiger partial charge on any atom is -0.382 e. The van der Waals surface area contributed by atoms with Gasteiger partial charge in [0.05, 0.1) is 6.54 Å². The maximum Gasteiger partial charge on any atom is 0.317 e. The van der Waals surface area contributed by atoms with Gasteiger partial charge in [-0.25, -0.2) is 4.79 Å². The number of amides is 3. The molecule has 3 amide bonds. The van der Waals surface area contributed by atoms with Crippen molar-refractivity contribution >= 4 is 11.9 Å². The first-order valence-corrected chi connectivity index (χ1v) is 11.6. The SMILES string of the molecule is CCCCNC(=O)N(CCCOCC)CC(=O)N(Cc1ccccc1)Cc1cccn1C. The van der Waals surface area contributed by atoms with Crippen LogP contribution in [0.25, 0.3) is 0 Å². The van der Waals surface area contributed by atoms with Crippen molar-refractivity contribution < 1.29 is 14.3 Å². The fourth-order valence-corrected chi connectivity index (χ4v) is 3.39. The monoisotopic (exact) mass is 442 g/mol. The van der Waals surface area contributed by atoms with E-state index < -0.39 is 0 Å². The van der Waals surface area contributed by atoms with Crippen LogP contribution in [0.5, 0.6) is 0 Å². The second-order valence-corrected chi connectivity index (χ2v) is 7.90. The Labute approximate surface area is 192 Å². The van der Waals surface area contributed by atoms with Crippen LogP contribution in [0, 0.1) is 0 Å². The highest BCUT2D eigenvalue weighted by molar-refractivity contribution is 5.84. The van der Waals surface area contributed by atoms with E-state index in [9.17, 15) is 9.59 Å². The number of rotatable bonds is 14. The summed E-state index contributed by atoms with van der Waals surface area (Å²) in [6.07, 6.45) is 4.59. The van der Waals surface area contributed by atoms with E-state index in [1.165, 1.54) is 0 Å². The summed E-state index contributed by atoms with van der Waals surface area (Å²) < 4.78 is 7.44. The van der Waals surface area contributed by atoms with Crippen LogP contribution >= 0.6 is 0 Å². The summed E-state index contributed by atoms with van der Waals surface area (Å²) >= 11 is 0. The van der Waals surface area contributed by atoms with Crippen molar-refractivity contribution in [3.63, 3.8) is 0 Å². The normalized spacial score (nSPS) is 10.7. The van der Waals surface area contributed by atoms with Gasteiger partial charge in [-0.15, -0.1) is 0 Å². The van der Waals surface area contributed by atoms with E-state index in [4.69, 9.17) is 4.74 Å². The van der Waals surface area contributed by atoms with Crippen molar-refractivity contribution in [1.82, 2.24) is 19.7 Å². The molecule has 1 aromatic carbocycles. The van der Waals surface area contributed by atoms with Crippen molar-refractivity contribution in [2.75, 3.05) is 32.8 Å². The fraction of sp³-hybridized carbons (Fsp3) is 0.520. The second kappa shape index (κ2) is 14.3. The summed E-state index contributed by atoms with van der Waals surface area (Å²) in [6.45, 7) is 7.36. The van der Waals surface area contributed by atoms with Crippen LogP contribution in [-0.4, -0.2) is 59.2 Å². The Kier molecular flexibility index (Phi) is 11.4. The number of urea groups is 1. The highest BCUT2D eigenvalue weighted by atomic mass is 16.5. The number of carbonyl (C=O) groups excluding carboxylic acids is 2. The maximum atomic E-state index is 13.4. The zero-order valence-electron chi connectivity index (χ0n) is 19.8. The van der Waals surface area contributed by atoms with Gasteiger partial charge in [0.2, 0.25) is 5.91 Å². The number of nitrogens with zero attached hydrogens (tertiary/aromatic N) is 3. The molecule has 0 aliphatic heterocycles. The van der Waals surface area contributed by atoms with Gasteiger partial charge >= 0.3 is 6.03 Å². The van der Waals surface area contributed by atoms with E-state index >= 15 is 0 Å². The second-order valence-electron chi connectivity index (χ2n) is 7.90. The van der Waals surface area contributed by atoms with Gasteiger partial charge in [0.1, 0.15) is 6.54 Å². The molecule has 0 bridgehead atoms. The fourth-order valence-electron chi connectivity index (χ4n) is 3.39. The Balaban J connectivity index is 2.11. The molecule has 0 aliphatic carbocycles. The molecule has 176 valence electrons. The van der Waals surface area contributed by atoms with Crippen LogP contribution in [0.1, 0.15) is 44.4 Å². The standard InChI is InChI=1S/C25H38N4O3/c1-4-6-15-26-25(31)28(17-11-18-32-5-2)21-24(30)29(19-22-12-8-7-9-13-22)20-23-14-10-16-27(23)3/h7-10,12-14,16H,4-6,11,15,17-21H2,1-3H3,(H,26,31).